The number of fused-ring (bicyclic) bond motifs is 1. The number of aryl methyl sites for hydroxylation is 1. The van der Waals surface area contributed by atoms with Crippen LogP contribution in [0.15, 0.2) is 53.7 Å². The quantitative estimate of drug-likeness (QED) is 0.502. The fraction of sp³-hybridized carbons (Fsp3) is 0.292. The standard InChI is InChI=1S/C24H23F3N4O2/c1-3-20-19-10-16(8-9-21(19)31-30-20)29-23(33)11-17-13(2)28-22(32)12-18(17)14-4-6-15(7-5-14)24(25,26)27/h4-10,18H,3,11-12H2,1-2H3,(H,28,32)(H,29,33)(H,30,31). The van der Waals surface area contributed by atoms with Crippen molar-refractivity contribution >= 4 is 28.4 Å². The Balaban J connectivity index is 1.56. The van der Waals surface area contributed by atoms with Gasteiger partial charge < -0.3 is 10.6 Å². The van der Waals surface area contributed by atoms with Crippen LogP contribution in [0.3, 0.4) is 0 Å². The van der Waals surface area contributed by atoms with Gasteiger partial charge in [-0.2, -0.15) is 18.3 Å². The SMILES string of the molecule is CCc1[nH]nc2ccc(NC(=O)CC3=C(C)NC(=O)CC3c3ccc(C(F)(F)F)cc3)cc12. The first kappa shape index (κ1) is 22.6. The average Bonchev–Trinajstić information content (AvgIpc) is 3.17. The van der Waals surface area contributed by atoms with Crippen LogP contribution in [0.25, 0.3) is 10.9 Å². The zero-order valence-corrected chi connectivity index (χ0v) is 18.1. The monoisotopic (exact) mass is 456 g/mol. The second-order valence-electron chi connectivity index (χ2n) is 8.09. The molecule has 33 heavy (non-hydrogen) atoms. The van der Waals surface area contributed by atoms with E-state index in [1.807, 2.05) is 19.1 Å². The second-order valence-corrected chi connectivity index (χ2v) is 8.09. The van der Waals surface area contributed by atoms with Crippen LogP contribution in [0.4, 0.5) is 18.9 Å². The molecule has 2 heterocycles. The Morgan fingerprint density at radius 1 is 1.18 bits per heavy atom. The first-order valence-electron chi connectivity index (χ1n) is 10.6. The Morgan fingerprint density at radius 3 is 2.58 bits per heavy atom. The van der Waals surface area contributed by atoms with Crippen molar-refractivity contribution in [1.29, 1.82) is 0 Å². The predicted octanol–water partition coefficient (Wildman–Crippen LogP) is 5.05. The largest absolute Gasteiger partial charge is 0.416 e. The van der Waals surface area contributed by atoms with Crippen LogP contribution >= 0.6 is 0 Å². The first-order valence-corrected chi connectivity index (χ1v) is 10.6. The topological polar surface area (TPSA) is 86.9 Å². The Hall–Kier alpha value is -3.62. The molecule has 4 rings (SSSR count). The van der Waals surface area contributed by atoms with E-state index in [4.69, 9.17) is 0 Å². The van der Waals surface area contributed by atoms with Crippen molar-refractivity contribution in [2.75, 3.05) is 5.32 Å². The summed E-state index contributed by atoms with van der Waals surface area (Å²) in [6, 6.07) is 10.2. The first-order chi connectivity index (χ1) is 15.7. The van der Waals surface area contributed by atoms with Crippen LogP contribution in [0.5, 0.6) is 0 Å². The molecule has 0 fully saturated rings. The number of hydrogen-bond acceptors (Lipinski definition) is 3. The summed E-state index contributed by atoms with van der Waals surface area (Å²) < 4.78 is 38.8. The van der Waals surface area contributed by atoms with Crippen molar-refractivity contribution in [2.24, 2.45) is 0 Å². The molecule has 172 valence electrons. The number of H-pyrrole nitrogens is 1. The Kier molecular flexibility index (Phi) is 5.97. The van der Waals surface area contributed by atoms with E-state index in [0.29, 0.717) is 22.5 Å². The van der Waals surface area contributed by atoms with E-state index in [0.717, 1.165) is 35.2 Å². The summed E-state index contributed by atoms with van der Waals surface area (Å²) in [4.78, 5) is 25.0. The lowest BCUT2D eigenvalue weighted by atomic mass is 9.82. The summed E-state index contributed by atoms with van der Waals surface area (Å²) in [6.45, 7) is 3.70. The number of rotatable bonds is 5. The lowest BCUT2D eigenvalue weighted by Gasteiger charge is -2.28. The van der Waals surface area contributed by atoms with Gasteiger partial charge in [0.15, 0.2) is 0 Å². The minimum absolute atomic E-state index is 0.00185. The number of carbonyl (C=O) groups excluding carboxylic acids is 2. The molecule has 1 atom stereocenters. The lowest BCUT2D eigenvalue weighted by Crippen LogP contribution is -2.32. The molecule has 0 radical (unpaired) electrons. The third-order valence-electron chi connectivity index (χ3n) is 5.88. The van der Waals surface area contributed by atoms with E-state index >= 15 is 0 Å². The normalized spacial score (nSPS) is 16.8. The van der Waals surface area contributed by atoms with Crippen LogP contribution in [-0.4, -0.2) is 22.0 Å². The number of alkyl halides is 3. The molecular weight excluding hydrogens is 433 g/mol. The number of allylic oxidation sites excluding steroid dienone is 1. The summed E-state index contributed by atoms with van der Waals surface area (Å²) in [5, 5.41) is 13.8. The number of nitrogens with one attached hydrogen (secondary N) is 3. The molecule has 2 amide bonds. The van der Waals surface area contributed by atoms with Gasteiger partial charge in [0.2, 0.25) is 11.8 Å². The Labute approximate surface area is 188 Å². The van der Waals surface area contributed by atoms with Crippen LogP contribution in [-0.2, 0) is 22.2 Å². The maximum atomic E-state index is 12.9. The maximum absolute atomic E-state index is 12.9. The summed E-state index contributed by atoms with van der Waals surface area (Å²) in [6.07, 6.45) is -3.60. The van der Waals surface area contributed by atoms with Gasteiger partial charge in [0, 0.05) is 34.8 Å². The second kappa shape index (κ2) is 8.73. The molecule has 1 aliphatic rings. The van der Waals surface area contributed by atoms with Gasteiger partial charge in [-0.05, 0) is 54.8 Å². The van der Waals surface area contributed by atoms with Crippen LogP contribution in [0, 0.1) is 0 Å². The molecule has 0 saturated carbocycles. The smallest absolute Gasteiger partial charge is 0.330 e. The number of amides is 2. The van der Waals surface area contributed by atoms with E-state index < -0.39 is 17.7 Å². The lowest BCUT2D eigenvalue weighted by molar-refractivity contribution is -0.137. The fourth-order valence-corrected chi connectivity index (χ4v) is 4.18. The van der Waals surface area contributed by atoms with Gasteiger partial charge in [0.05, 0.1) is 17.5 Å². The summed E-state index contributed by atoms with van der Waals surface area (Å²) >= 11 is 0. The van der Waals surface area contributed by atoms with Crippen LogP contribution < -0.4 is 10.6 Å². The number of halogens is 3. The average molecular weight is 456 g/mol. The third kappa shape index (κ3) is 4.76. The van der Waals surface area contributed by atoms with Crippen molar-refractivity contribution in [1.82, 2.24) is 15.5 Å². The molecule has 1 unspecified atom stereocenters. The maximum Gasteiger partial charge on any atom is 0.416 e. The van der Waals surface area contributed by atoms with Crippen molar-refractivity contribution in [3.63, 3.8) is 0 Å². The fourth-order valence-electron chi connectivity index (χ4n) is 4.18. The van der Waals surface area contributed by atoms with E-state index in [9.17, 15) is 22.8 Å². The van der Waals surface area contributed by atoms with Gasteiger partial charge in [-0.3, -0.25) is 14.7 Å². The summed E-state index contributed by atoms with van der Waals surface area (Å²) in [5.41, 5.74) is 3.42. The van der Waals surface area contributed by atoms with Gasteiger partial charge in [0.1, 0.15) is 0 Å². The predicted molar refractivity (Wildman–Crippen MR) is 118 cm³/mol. The summed E-state index contributed by atoms with van der Waals surface area (Å²) in [7, 11) is 0. The highest BCUT2D eigenvalue weighted by Gasteiger charge is 2.32. The van der Waals surface area contributed by atoms with Crippen molar-refractivity contribution < 1.29 is 22.8 Å². The third-order valence-corrected chi connectivity index (χ3v) is 5.88. The van der Waals surface area contributed by atoms with Crippen molar-refractivity contribution in [3.8, 4) is 0 Å². The van der Waals surface area contributed by atoms with Gasteiger partial charge in [-0.1, -0.05) is 19.1 Å². The van der Waals surface area contributed by atoms with E-state index in [1.54, 1.807) is 13.0 Å². The number of carbonyl (C=O) groups is 2. The van der Waals surface area contributed by atoms with Crippen LogP contribution in [0.2, 0.25) is 0 Å². The molecule has 9 heteroatoms. The zero-order valence-electron chi connectivity index (χ0n) is 18.1. The highest BCUT2D eigenvalue weighted by Crippen LogP contribution is 2.37. The molecule has 1 aliphatic heterocycles. The minimum atomic E-state index is -4.44. The van der Waals surface area contributed by atoms with Gasteiger partial charge in [0.25, 0.3) is 0 Å². The number of anilines is 1. The molecule has 0 aliphatic carbocycles. The van der Waals surface area contributed by atoms with E-state index in [1.165, 1.54) is 12.1 Å². The minimum Gasteiger partial charge on any atom is -0.330 e. The molecule has 6 nitrogen and oxygen atoms in total. The summed E-state index contributed by atoms with van der Waals surface area (Å²) in [5.74, 6) is -0.993. The van der Waals surface area contributed by atoms with E-state index in [2.05, 4.69) is 20.8 Å². The number of nitrogens with zero attached hydrogens (tertiary/aromatic N) is 1. The van der Waals surface area contributed by atoms with Crippen LogP contribution in [0.1, 0.15) is 49.4 Å². The number of aromatic nitrogens is 2. The van der Waals surface area contributed by atoms with E-state index in [-0.39, 0.29) is 24.7 Å². The van der Waals surface area contributed by atoms with Gasteiger partial charge >= 0.3 is 6.18 Å². The van der Waals surface area contributed by atoms with Crippen molar-refractivity contribution in [2.45, 2.75) is 45.2 Å². The highest BCUT2D eigenvalue weighted by molar-refractivity contribution is 5.96. The number of hydrogen-bond donors (Lipinski definition) is 3. The Bertz CT molecular complexity index is 1240. The molecule has 3 N–H and O–H groups in total. The number of aromatic amines is 1. The highest BCUT2D eigenvalue weighted by atomic mass is 19.4. The molecule has 0 spiro atoms. The molecule has 1 aromatic heterocycles. The Morgan fingerprint density at radius 2 is 1.91 bits per heavy atom. The zero-order chi connectivity index (χ0) is 23.8. The molecular formula is C24H23F3N4O2. The van der Waals surface area contributed by atoms with Crippen molar-refractivity contribution in [3.05, 3.63) is 70.6 Å². The molecule has 0 saturated heterocycles. The van der Waals surface area contributed by atoms with Gasteiger partial charge in [-0.15, -0.1) is 0 Å². The molecule has 3 aromatic rings. The molecule has 2 aromatic carbocycles. The van der Waals surface area contributed by atoms with Gasteiger partial charge in [-0.25, -0.2) is 0 Å². The number of benzene rings is 2. The molecule has 0 bridgehead atoms.